The van der Waals surface area contributed by atoms with E-state index in [0.717, 1.165) is 11.3 Å². The molecular formula is C18H22O2S. The SMILES string of the molecule is COc1ccc(COC/C(=C\C(C)C)c2cccs2)cc1. The number of ether oxygens (including phenoxy) is 2. The highest BCUT2D eigenvalue weighted by atomic mass is 32.1. The van der Waals surface area contributed by atoms with Crippen molar-refractivity contribution in [3.8, 4) is 5.75 Å². The largest absolute Gasteiger partial charge is 0.497 e. The Morgan fingerprint density at radius 2 is 1.95 bits per heavy atom. The molecule has 21 heavy (non-hydrogen) atoms. The van der Waals surface area contributed by atoms with Gasteiger partial charge in [-0.25, -0.2) is 0 Å². The van der Waals surface area contributed by atoms with Gasteiger partial charge in [-0.3, -0.25) is 0 Å². The first-order valence-corrected chi connectivity index (χ1v) is 8.02. The molecule has 0 atom stereocenters. The minimum absolute atomic E-state index is 0.520. The summed E-state index contributed by atoms with van der Waals surface area (Å²) in [4.78, 5) is 1.29. The van der Waals surface area contributed by atoms with Gasteiger partial charge in [0.05, 0.1) is 20.3 Å². The van der Waals surface area contributed by atoms with Crippen molar-refractivity contribution in [3.63, 3.8) is 0 Å². The van der Waals surface area contributed by atoms with E-state index in [1.54, 1.807) is 18.4 Å². The molecule has 2 rings (SSSR count). The molecule has 0 aliphatic rings. The smallest absolute Gasteiger partial charge is 0.118 e. The Bertz CT molecular complexity index is 553. The summed E-state index contributed by atoms with van der Waals surface area (Å²) >= 11 is 1.76. The molecule has 112 valence electrons. The molecule has 0 aliphatic carbocycles. The molecule has 0 N–H and O–H groups in total. The molecular weight excluding hydrogens is 280 g/mol. The Hall–Kier alpha value is -1.58. The molecule has 2 aromatic rings. The van der Waals surface area contributed by atoms with Gasteiger partial charge in [-0.2, -0.15) is 0 Å². The third-order valence-electron chi connectivity index (χ3n) is 3.06. The van der Waals surface area contributed by atoms with Crippen LogP contribution in [0.4, 0.5) is 0 Å². The highest BCUT2D eigenvalue weighted by Crippen LogP contribution is 2.22. The highest BCUT2D eigenvalue weighted by Gasteiger charge is 2.05. The van der Waals surface area contributed by atoms with Crippen LogP contribution in [0.25, 0.3) is 5.57 Å². The quantitative estimate of drug-likeness (QED) is 0.715. The van der Waals surface area contributed by atoms with Gasteiger partial charge >= 0.3 is 0 Å². The van der Waals surface area contributed by atoms with Crippen LogP contribution in [0.3, 0.4) is 0 Å². The van der Waals surface area contributed by atoms with Gasteiger partial charge in [-0.15, -0.1) is 11.3 Å². The zero-order valence-corrected chi connectivity index (χ0v) is 13.7. The number of hydrogen-bond donors (Lipinski definition) is 0. The van der Waals surface area contributed by atoms with Crippen LogP contribution in [0.15, 0.2) is 47.9 Å². The predicted molar refractivity (Wildman–Crippen MR) is 89.8 cm³/mol. The molecule has 0 fully saturated rings. The Morgan fingerprint density at radius 3 is 2.52 bits per heavy atom. The first-order valence-electron chi connectivity index (χ1n) is 7.14. The van der Waals surface area contributed by atoms with Gasteiger partial charge in [0.25, 0.3) is 0 Å². The van der Waals surface area contributed by atoms with Crippen molar-refractivity contribution in [2.45, 2.75) is 20.5 Å². The average molecular weight is 302 g/mol. The lowest BCUT2D eigenvalue weighted by Crippen LogP contribution is -1.99. The van der Waals surface area contributed by atoms with E-state index in [9.17, 15) is 0 Å². The molecule has 0 unspecified atom stereocenters. The summed E-state index contributed by atoms with van der Waals surface area (Å²) < 4.78 is 11.0. The van der Waals surface area contributed by atoms with Crippen molar-refractivity contribution in [2.24, 2.45) is 5.92 Å². The van der Waals surface area contributed by atoms with Crippen molar-refractivity contribution in [3.05, 3.63) is 58.3 Å². The number of rotatable bonds is 7. The summed E-state index contributed by atoms with van der Waals surface area (Å²) in [5.41, 5.74) is 2.43. The van der Waals surface area contributed by atoms with Crippen LogP contribution in [-0.2, 0) is 11.3 Å². The van der Waals surface area contributed by atoms with E-state index < -0.39 is 0 Å². The van der Waals surface area contributed by atoms with Crippen molar-refractivity contribution in [1.82, 2.24) is 0 Å². The van der Waals surface area contributed by atoms with Crippen LogP contribution in [0.5, 0.6) is 5.75 Å². The van der Waals surface area contributed by atoms with Gasteiger partial charge < -0.3 is 9.47 Å². The Balaban J connectivity index is 1.93. The van der Waals surface area contributed by atoms with Gasteiger partial charge in [0.1, 0.15) is 5.75 Å². The van der Waals surface area contributed by atoms with Gasteiger partial charge in [-0.05, 0) is 40.6 Å². The van der Waals surface area contributed by atoms with Crippen molar-refractivity contribution in [1.29, 1.82) is 0 Å². The Kier molecular flexibility index (Phi) is 6.03. The number of allylic oxidation sites excluding steroid dienone is 1. The first kappa shape index (κ1) is 15.8. The average Bonchev–Trinajstić information content (AvgIpc) is 3.00. The van der Waals surface area contributed by atoms with Gasteiger partial charge in [-0.1, -0.05) is 38.1 Å². The fourth-order valence-electron chi connectivity index (χ4n) is 2.07. The van der Waals surface area contributed by atoms with E-state index in [2.05, 4.69) is 37.4 Å². The number of thiophene rings is 1. The summed E-state index contributed by atoms with van der Waals surface area (Å²) in [6.07, 6.45) is 2.28. The van der Waals surface area contributed by atoms with Crippen LogP contribution >= 0.6 is 11.3 Å². The summed E-state index contributed by atoms with van der Waals surface area (Å²) in [5.74, 6) is 1.39. The van der Waals surface area contributed by atoms with Crippen LogP contribution in [0.1, 0.15) is 24.3 Å². The molecule has 0 saturated carbocycles. The topological polar surface area (TPSA) is 18.5 Å². The summed E-state index contributed by atoms with van der Waals surface area (Å²) in [5, 5.41) is 2.10. The molecule has 3 heteroatoms. The molecule has 2 nitrogen and oxygen atoms in total. The minimum Gasteiger partial charge on any atom is -0.497 e. The van der Waals surface area contributed by atoms with E-state index >= 15 is 0 Å². The zero-order valence-electron chi connectivity index (χ0n) is 12.8. The second kappa shape index (κ2) is 8.01. The molecule has 0 radical (unpaired) electrons. The fraction of sp³-hybridized carbons (Fsp3) is 0.333. The fourth-order valence-corrected chi connectivity index (χ4v) is 2.80. The number of methoxy groups -OCH3 is 1. The Labute approximate surface area is 131 Å². The van der Waals surface area contributed by atoms with Gasteiger partial charge in [0.2, 0.25) is 0 Å². The molecule has 0 spiro atoms. The van der Waals surface area contributed by atoms with E-state index in [1.165, 1.54) is 10.5 Å². The second-order valence-corrected chi connectivity index (χ2v) is 6.20. The summed E-state index contributed by atoms with van der Waals surface area (Å²) in [7, 11) is 1.68. The number of hydrogen-bond acceptors (Lipinski definition) is 3. The maximum Gasteiger partial charge on any atom is 0.118 e. The minimum atomic E-state index is 0.520. The molecule has 0 saturated heterocycles. The normalized spacial score (nSPS) is 11.9. The molecule has 1 aromatic carbocycles. The summed E-state index contributed by atoms with van der Waals surface area (Å²) in [6.45, 7) is 5.64. The molecule has 1 heterocycles. The van der Waals surface area contributed by atoms with Gasteiger partial charge in [0.15, 0.2) is 0 Å². The monoisotopic (exact) mass is 302 g/mol. The van der Waals surface area contributed by atoms with Crippen molar-refractivity contribution in [2.75, 3.05) is 13.7 Å². The van der Waals surface area contributed by atoms with E-state index in [-0.39, 0.29) is 0 Å². The van der Waals surface area contributed by atoms with Crippen molar-refractivity contribution < 1.29 is 9.47 Å². The predicted octanol–water partition coefficient (Wildman–Crippen LogP) is 5.01. The van der Waals surface area contributed by atoms with E-state index in [1.807, 2.05) is 24.3 Å². The molecule has 0 aliphatic heterocycles. The standard InChI is InChI=1S/C18H22O2S/c1-14(2)11-16(18-5-4-10-21-18)13-20-12-15-6-8-17(19-3)9-7-15/h4-11,14H,12-13H2,1-3H3/b16-11+. The maximum absolute atomic E-state index is 5.88. The highest BCUT2D eigenvalue weighted by molar-refractivity contribution is 7.11. The number of benzene rings is 1. The van der Waals surface area contributed by atoms with Gasteiger partial charge in [0, 0.05) is 4.88 Å². The lowest BCUT2D eigenvalue weighted by Gasteiger charge is -2.09. The molecule has 0 bridgehead atoms. The third-order valence-corrected chi connectivity index (χ3v) is 4.00. The van der Waals surface area contributed by atoms with Crippen LogP contribution in [-0.4, -0.2) is 13.7 Å². The lowest BCUT2D eigenvalue weighted by atomic mass is 10.1. The van der Waals surface area contributed by atoms with Crippen molar-refractivity contribution >= 4 is 16.9 Å². The van der Waals surface area contributed by atoms with Crippen LogP contribution in [0.2, 0.25) is 0 Å². The molecule has 0 amide bonds. The maximum atomic E-state index is 5.88. The van der Waals surface area contributed by atoms with E-state index in [4.69, 9.17) is 9.47 Å². The lowest BCUT2D eigenvalue weighted by molar-refractivity contribution is 0.153. The Morgan fingerprint density at radius 1 is 1.19 bits per heavy atom. The van der Waals surface area contributed by atoms with Crippen LogP contribution < -0.4 is 4.74 Å². The second-order valence-electron chi connectivity index (χ2n) is 5.25. The van der Waals surface area contributed by atoms with E-state index in [0.29, 0.717) is 19.1 Å². The molecule has 1 aromatic heterocycles. The third kappa shape index (κ3) is 5.03. The van der Waals surface area contributed by atoms with Crippen LogP contribution in [0, 0.1) is 5.92 Å². The summed E-state index contributed by atoms with van der Waals surface area (Å²) in [6, 6.07) is 12.2. The zero-order chi connectivity index (χ0) is 15.1. The first-order chi connectivity index (χ1) is 10.2.